The van der Waals surface area contributed by atoms with Crippen molar-refractivity contribution in [1.82, 2.24) is 5.32 Å². The fourth-order valence-electron chi connectivity index (χ4n) is 2.99. The second-order valence-corrected chi connectivity index (χ2v) is 6.81. The number of hydrogen-bond donors (Lipinski definition) is 1. The monoisotopic (exact) mass is 289 g/mol. The molecule has 0 aliphatic rings. The van der Waals surface area contributed by atoms with Crippen molar-refractivity contribution >= 4 is 0 Å². The lowest BCUT2D eigenvalue weighted by Gasteiger charge is -2.24. The van der Waals surface area contributed by atoms with Crippen LogP contribution in [0.15, 0.2) is 30.3 Å². The van der Waals surface area contributed by atoms with Crippen LogP contribution in [-0.4, -0.2) is 13.1 Å². The minimum absolute atomic E-state index is 0.659. The topological polar surface area (TPSA) is 12.0 Å². The third-order valence-electron chi connectivity index (χ3n) is 4.38. The highest BCUT2D eigenvalue weighted by molar-refractivity contribution is 5.20. The van der Waals surface area contributed by atoms with E-state index in [2.05, 4.69) is 63.3 Å². The highest BCUT2D eigenvalue weighted by atomic mass is 14.9. The molecule has 0 aliphatic heterocycles. The number of rotatable bonds is 11. The quantitative estimate of drug-likeness (QED) is 0.557. The van der Waals surface area contributed by atoms with E-state index < -0.39 is 0 Å². The first-order valence-corrected chi connectivity index (χ1v) is 8.92. The van der Waals surface area contributed by atoms with Crippen molar-refractivity contribution in [3.63, 3.8) is 0 Å². The minimum atomic E-state index is 0.659. The van der Waals surface area contributed by atoms with Crippen LogP contribution in [0.5, 0.6) is 0 Å². The van der Waals surface area contributed by atoms with E-state index in [0.29, 0.717) is 5.92 Å². The number of benzene rings is 1. The van der Waals surface area contributed by atoms with E-state index in [1.165, 1.54) is 37.7 Å². The van der Waals surface area contributed by atoms with Crippen LogP contribution in [0.3, 0.4) is 0 Å². The van der Waals surface area contributed by atoms with Crippen molar-refractivity contribution < 1.29 is 0 Å². The van der Waals surface area contributed by atoms with Gasteiger partial charge in [0.15, 0.2) is 0 Å². The molecular formula is C20H35N. The molecule has 0 fully saturated rings. The summed E-state index contributed by atoms with van der Waals surface area (Å²) in [6.07, 6.45) is 6.72. The maximum Gasteiger partial charge on any atom is 0.00203 e. The van der Waals surface area contributed by atoms with Crippen molar-refractivity contribution in [2.75, 3.05) is 13.1 Å². The summed E-state index contributed by atoms with van der Waals surface area (Å²) in [5, 5.41) is 3.67. The zero-order chi connectivity index (χ0) is 15.5. The van der Waals surface area contributed by atoms with Gasteiger partial charge < -0.3 is 5.32 Å². The van der Waals surface area contributed by atoms with Crippen molar-refractivity contribution in [1.29, 1.82) is 0 Å². The molecule has 0 radical (unpaired) electrons. The van der Waals surface area contributed by atoms with Gasteiger partial charge in [0.2, 0.25) is 0 Å². The fourth-order valence-corrected chi connectivity index (χ4v) is 2.99. The number of nitrogens with one attached hydrogen (secondary N) is 1. The van der Waals surface area contributed by atoms with Crippen LogP contribution in [0.2, 0.25) is 0 Å². The molecule has 2 unspecified atom stereocenters. The van der Waals surface area contributed by atoms with Crippen molar-refractivity contribution in [3.8, 4) is 0 Å². The molecule has 0 aromatic heterocycles. The predicted octanol–water partition coefficient (Wildman–Crippen LogP) is 5.62. The lowest BCUT2D eigenvalue weighted by molar-refractivity contribution is 0.372. The first-order valence-electron chi connectivity index (χ1n) is 8.92. The molecule has 1 aromatic carbocycles. The average molecular weight is 290 g/mol. The summed E-state index contributed by atoms with van der Waals surface area (Å²) in [5.41, 5.74) is 1.50. The molecule has 1 heteroatoms. The molecule has 120 valence electrons. The molecule has 0 spiro atoms. The Labute approximate surface area is 132 Å². The molecule has 1 nitrogen and oxygen atoms in total. The molecule has 0 saturated heterocycles. The van der Waals surface area contributed by atoms with Crippen LogP contribution in [0.4, 0.5) is 0 Å². The maximum absolute atomic E-state index is 3.67. The molecule has 0 heterocycles. The van der Waals surface area contributed by atoms with Gasteiger partial charge in [0.25, 0.3) is 0 Å². The van der Waals surface area contributed by atoms with E-state index in [9.17, 15) is 0 Å². The van der Waals surface area contributed by atoms with Gasteiger partial charge in [-0.2, -0.15) is 0 Å². The zero-order valence-corrected chi connectivity index (χ0v) is 14.6. The number of hydrogen-bond acceptors (Lipinski definition) is 1. The summed E-state index contributed by atoms with van der Waals surface area (Å²) >= 11 is 0. The summed E-state index contributed by atoms with van der Waals surface area (Å²) in [5.74, 6) is 2.26. The van der Waals surface area contributed by atoms with Gasteiger partial charge in [0, 0.05) is 6.54 Å². The second kappa shape index (κ2) is 10.8. The largest absolute Gasteiger partial charge is 0.316 e. The van der Waals surface area contributed by atoms with Gasteiger partial charge in [-0.25, -0.2) is 0 Å². The molecule has 1 aromatic rings. The van der Waals surface area contributed by atoms with Crippen LogP contribution in [-0.2, 0) is 0 Å². The lowest BCUT2D eigenvalue weighted by Crippen LogP contribution is -2.26. The summed E-state index contributed by atoms with van der Waals surface area (Å²) in [6.45, 7) is 11.4. The van der Waals surface area contributed by atoms with E-state index >= 15 is 0 Å². The lowest BCUT2D eigenvalue weighted by atomic mass is 9.85. The molecule has 21 heavy (non-hydrogen) atoms. The standard InChI is InChI=1S/C20H35N/c1-5-7-11-18(6-2)14-20(16-21-15-17(3)4)19-12-9-8-10-13-19/h8-10,12-13,17-18,20-21H,5-7,11,14-16H2,1-4H3. The van der Waals surface area contributed by atoms with E-state index in [1.54, 1.807) is 0 Å². The summed E-state index contributed by atoms with van der Waals surface area (Å²) in [7, 11) is 0. The number of unbranched alkanes of at least 4 members (excludes halogenated alkanes) is 1. The third kappa shape index (κ3) is 7.66. The van der Waals surface area contributed by atoms with E-state index in [-0.39, 0.29) is 0 Å². The van der Waals surface area contributed by atoms with E-state index in [0.717, 1.165) is 24.9 Å². The summed E-state index contributed by atoms with van der Waals surface area (Å²) in [4.78, 5) is 0. The van der Waals surface area contributed by atoms with Gasteiger partial charge in [0.1, 0.15) is 0 Å². The molecular weight excluding hydrogens is 254 g/mol. The van der Waals surface area contributed by atoms with E-state index in [4.69, 9.17) is 0 Å². The van der Waals surface area contributed by atoms with Crippen LogP contribution >= 0.6 is 0 Å². The summed E-state index contributed by atoms with van der Waals surface area (Å²) in [6, 6.07) is 11.1. The van der Waals surface area contributed by atoms with Gasteiger partial charge in [-0.3, -0.25) is 0 Å². The Morgan fingerprint density at radius 2 is 1.71 bits per heavy atom. The van der Waals surface area contributed by atoms with Gasteiger partial charge in [0.05, 0.1) is 0 Å². The highest BCUT2D eigenvalue weighted by Gasteiger charge is 2.16. The Bertz CT molecular complexity index is 344. The van der Waals surface area contributed by atoms with Gasteiger partial charge in [-0.05, 0) is 36.3 Å². The van der Waals surface area contributed by atoms with Crippen molar-refractivity contribution in [2.45, 2.75) is 65.7 Å². The molecule has 2 atom stereocenters. The first kappa shape index (κ1) is 18.2. The third-order valence-corrected chi connectivity index (χ3v) is 4.38. The molecule has 1 N–H and O–H groups in total. The van der Waals surface area contributed by atoms with Gasteiger partial charge >= 0.3 is 0 Å². The maximum atomic E-state index is 3.67. The van der Waals surface area contributed by atoms with Crippen LogP contribution < -0.4 is 5.32 Å². The normalized spacial score (nSPS) is 14.3. The van der Waals surface area contributed by atoms with E-state index in [1.807, 2.05) is 0 Å². The minimum Gasteiger partial charge on any atom is -0.316 e. The predicted molar refractivity (Wildman–Crippen MR) is 94.8 cm³/mol. The first-order chi connectivity index (χ1) is 10.2. The smallest absolute Gasteiger partial charge is 0.00203 e. The van der Waals surface area contributed by atoms with Gasteiger partial charge in [-0.15, -0.1) is 0 Å². The van der Waals surface area contributed by atoms with Crippen LogP contribution in [0.1, 0.15) is 71.3 Å². The van der Waals surface area contributed by atoms with Crippen molar-refractivity contribution in [2.24, 2.45) is 11.8 Å². The SMILES string of the molecule is CCCCC(CC)CC(CNCC(C)C)c1ccccc1. The molecule has 1 rings (SSSR count). The average Bonchev–Trinajstić information content (AvgIpc) is 2.50. The molecule has 0 saturated carbocycles. The Hall–Kier alpha value is -0.820. The second-order valence-electron chi connectivity index (χ2n) is 6.81. The molecule has 0 bridgehead atoms. The summed E-state index contributed by atoms with van der Waals surface area (Å²) < 4.78 is 0. The zero-order valence-electron chi connectivity index (χ0n) is 14.6. The molecule has 0 amide bonds. The van der Waals surface area contributed by atoms with Crippen LogP contribution in [0, 0.1) is 11.8 Å². The Morgan fingerprint density at radius 3 is 2.29 bits per heavy atom. The highest BCUT2D eigenvalue weighted by Crippen LogP contribution is 2.28. The van der Waals surface area contributed by atoms with Crippen LogP contribution in [0.25, 0.3) is 0 Å². The fraction of sp³-hybridized carbons (Fsp3) is 0.700. The molecule has 0 aliphatic carbocycles. The Balaban J connectivity index is 2.62. The Morgan fingerprint density at radius 1 is 1.00 bits per heavy atom. The Kier molecular flexibility index (Phi) is 9.41. The van der Waals surface area contributed by atoms with Crippen molar-refractivity contribution in [3.05, 3.63) is 35.9 Å². The van der Waals surface area contributed by atoms with Gasteiger partial charge in [-0.1, -0.05) is 83.7 Å².